The highest BCUT2D eigenvalue weighted by atomic mass is 15.2. The Morgan fingerprint density at radius 1 is 1.25 bits per heavy atom. The van der Waals surface area contributed by atoms with Crippen LogP contribution in [-0.2, 0) is 0 Å². The van der Waals surface area contributed by atoms with E-state index in [1.54, 1.807) is 0 Å². The maximum absolute atomic E-state index is 4.47. The molecule has 0 saturated heterocycles. The number of anilines is 1. The summed E-state index contributed by atoms with van der Waals surface area (Å²) in [5.74, 6) is 0.911. The van der Waals surface area contributed by atoms with Crippen molar-refractivity contribution in [3.63, 3.8) is 0 Å². The van der Waals surface area contributed by atoms with Crippen molar-refractivity contribution in [2.45, 2.75) is 20.8 Å². The molecule has 1 heterocycles. The molecule has 1 aromatic heterocycles. The Morgan fingerprint density at radius 3 is 2.69 bits per heavy atom. The van der Waals surface area contributed by atoms with Gasteiger partial charge in [-0.25, -0.2) is 4.98 Å². The number of aromatic nitrogens is 2. The third-order valence-corrected chi connectivity index (χ3v) is 2.54. The van der Waals surface area contributed by atoms with Crippen molar-refractivity contribution < 1.29 is 0 Å². The largest absolute Gasteiger partial charge is 0.356 e. The zero-order valence-corrected chi connectivity index (χ0v) is 9.99. The number of benzene rings is 1. The molecule has 0 spiro atoms. The standard InChI is InChI=1S/C13H17N3/c1-4-14-13-15-11(3)9-16(13)12-8-6-5-7-10(12)2/h5-9H,4H2,1-3H3,(H,14,15). The van der Waals surface area contributed by atoms with Gasteiger partial charge < -0.3 is 5.32 Å². The molecule has 0 aliphatic carbocycles. The van der Waals surface area contributed by atoms with Crippen LogP contribution in [0.15, 0.2) is 30.5 Å². The topological polar surface area (TPSA) is 29.9 Å². The van der Waals surface area contributed by atoms with Gasteiger partial charge >= 0.3 is 0 Å². The van der Waals surface area contributed by atoms with Crippen LogP contribution in [0.2, 0.25) is 0 Å². The van der Waals surface area contributed by atoms with E-state index >= 15 is 0 Å². The molecular weight excluding hydrogens is 198 g/mol. The minimum atomic E-state index is 0.877. The second-order valence-electron chi connectivity index (χ2n) is 3.89. The van der Waals surface area contributed by atoms with Crippen LogP contribution in [0, 0.1) is 13.8 Å². The van der Waals surface area contributed by atoms with Gasteiger partial charge in [-0.05, 0) is 32.4 Å². The fraction of sp³-hybridized carbons (Fsp3) is 0.308. The predicted octanol–water partition coefficient (Wildman–Crippen LogP) is 2.92. The highest BCUT2D eigenvalue weighted by Gasteiger charge is 2.07. The Labute approximate surface area is 96.1 Å². The predicted molar refractivity (Wildman–Crippen MR) is 67.2 cm³/mol. The van der Waals surface area contributed by atoms with Crippen LogP contribution in [0.25, 0.3) is 5.69 Å². The first kappa shape index (κ1) is 10.7. The highest BCUT2D eigenvalue weighted by Crippen LogP contribution is 2.19. The van der Waals surface area contributed by atoms with Gasteiger partial charge in [0.25, 0.3) is 0 Å². The maximum Gasteiger partial charge on any atom is 0.207 e. The van der Waals surface area contributed by atoms with Gasteiger partial charge in [0, 0.05) is 12.7 Å². The van der Waals surface area contributed by atoms with E-state index in [9.17, 15) is 0 Å². The number of aryl methyl sites for hydroxylation is 2. The van der Waals surface area contributed by atoms with E-state index in [4.69, 9.17) is 0 Å². The summed E-state index contributed by atoms with van der Waals surface area (Å²) in [5, 5.41) is 3.27. The average Bonchev–Trinajstić information content (AvgIpc) is 2.61. The minimum absolute atomic E-state index is 0.877. The van der Waals surface area contributed by atoms with Crippen LogP contribution < -0.4 is 5.32 Å². The molecule has 0 amide bonds. The Balaban J connectivity index is 2.51. The number of imidazole rings is 1. The SMILES string of the molecule is CCNc1nc(C)cn1-c1ccccc1C. The van der Waals surface area contributed by atoms with Gasteiger partial charge in [0.15, 0.2) is 0 Å². The quantitative estimate of drug-likeness (QED) is 0.853. The zero-order chi connectivity index (χ0) is 11.5. The van der Waals surface area contributed by atoms with Crippen LogP contribution in [0.1, 0.15) is 18.2 Å². The second-order valence-corrected chi connectivity index (χ2v) is 3.89. The van der Waals surface area contributed by atoms with Gasteiger partial charge in [-0.1, -0.05) is 18.2 Å². The smallest absolute Gasteiger partial charge is 0.207 e. The van der Waals surface area contributed by atoms with Crippen LogP contribution in [0.4, 0.5) is 5.95 Å². The molecule has 84 valence electrons. The molecule has 0 fully saturated rings. The summed E-state index contributed by atoms with van der Waals surface area (Å²) in [6, 6.07) is 8.32. The molecular formula is C13H17N3. The van der Waals surface area contributed by atoms with Crippen LogP contribution in [0.3, 0.4) is 0 Å². The van der Waals surface area contributed by atoms with Gasteiger partial charge in [0.1, 0.15) is 0 Å². The fourth-order valence-corrected chi connectivity index (χ4v) is 1.80. The number of hydrogen-bond acceptors (Lipinski definition) is 2. The summed E-state index contributed by atoms with van der Waals surface area (Å²) in [7, 11) is 0. The lowest BCUT2D eigenvalue weighted by molar-refractivity contribution is 1.01. The molecule has 2 aromatic rings. The lowest BCUT2D eigenvalue weighted by atomic mass is 10.2. The third-order valence-electron chi connectivity index (χ3n) is 2.54. The average molecular weight is 215 g/mol. The van der Waals surface area contributed by atoms with Gasteiger partial charge in [-0.3, -0.25) is 4.57 Å². The molecule has 0 radical (unpaired) electrons. The van der Waals surface area contributed by atoms with Crippen molar-refractivity contribution in [1.29, 1.82) is 0 Å². The lowest BCUT2D eigenvalue weighted by Gasteiger charge is -2.10. The van der Waals surface area contributed by atoms with E-state index < -0.39 is 0 Å². The summed E-state index contributed by atoms with van der Waals surface area (Å²) in [5.41, 5.74) is 3.46. The summed E-state index contributed by atoms with van der Waals surface area (Å²) in [6.07, 6.45) is 2.06. The summed E-state index contributed by atoms with van der Waals surface area (Å²) >= 11 is 0. The van der Waals surface area contributed by atoms with E-state index in [0.29, 0.717) is 0 Å². The lowest BCUT2D eigenvalue weighted by Crippen LogP contribution is -2.05. The molecule has 0 unspecified atom stereocenters. The first-order valence-electron chi connectivity index (χ1n) is 5.58. The maximum atomic E-state index is 4.47. The van der Waals surface area contributed by atoms with Gasteiger partial charge in [0.05, 0.1) is 11.4 Å². The number of rotatable bonds is 3. The van der Waals surface area contributed by atoms with E-state index in [0.717, 1.165) is 18.2 Å². The molecule has 1 N–H and O–H groups in total. The number of hydrogen-bond donors (Lipinski definition) is 1. The third kappa shape index (κ3) is 1.94. The molecule has 1 aromatic carbocycles. The minimum Gasteiger partial charge on any atom is -0.356 e. The normalized spacial score (nSPS) is 10.4. The molecule has 0 aliphatic rings. The van der Waals surface area contributed by atoms with E-state index in [-0.39, 0.29) is 0 Å². The molecule has 3 heteroatoms. The molecule has 16 heavy (non-hydrogen) atoms. The van der Waals surface area contributed by atoms with Crippen molar-refractivity contribution in [3.8, 4) is 5.69 Å². The molecule has 3 nitrogen and oxygen atoms in total. The second kappa shape index (κ2) is 4.39. The Kier molecular flexibility index (Phi) is 2.95. The first-order valence-corrected chi connectivity index (χ1v) is 5.58. The van der Waals surface area contributed by atoms with Crippen molar-refractivity contribution in [2.24, 2.45) is 0 Å². The molecule has 0 saturated carbocycles. The fourth-order valence-electron chi connectivity index (χ4n) is 1.80. The van der Waals surface area contributed by atoms with Crippen LogP contribution in [-0.4, -0.2) is 16.1 Å². The molecule has 0 aliphatic heterocycles. The molecule has 2 rings (SSSR count). The van der Waals surface area contributed by atoms with Crippen LogP contribution in [0.5, 0.6) is 0 Å². The summed E-state index contributed by atoms with van der Waals surface area (Å²) < 4.78 is 2.11. The monoisotopic (exact) mass is 215 g/mol. The van der Waals surface area contributed by atoms with Crippen molar-refractivity contribution in [1.82, 2.24) is 9.55 Å². The zero-order valence-electron chi connectivity index (χ0n) is 9.99. The Morgan fingerprint density at radius 2 is 2.00 bits per heavy atom. The Bertz CT molecular complexity index is 486. The highest BCUT2D eigenvalue weighted by molar-refractivity contribution is 5.47. The summed E-state index contributed by atoms with van der Waals surface area (Å²) in [4.78, 5) is 4.47. The number of para-hydroxylation sites is 1. The van der Waals surface area contributed by atoms with Crippen molar-refractivity contribution >= 4 is 5.95 Å². The van der Waals surface area contributed by atoms with Gasteiger partial charge in [0.2, 0.25) is 5.95 Å². The van der Waals surface area contributed by atoms with Gasteiger partial charge in [-0.2, -0.15) is 0 Å². The van der Waals surface area contributed by atoms with Crippen molar-refractivity contribution in [3.05, 3.63) is 41.7 Å². The Hall–Kier alpha value is -1.77. The van der Waals surface area contributed by atoms with E-state index in [1.807, 2.05) is 13.0 Å². The number of nitrogens with one attached hydrogen (secondary N) is 1. The van der Waals surface area contributed by atoms with Crippen molar-refractivity contribution in [2.75, 3.05) is 11.9 Å². The molecule has 0 atom stereocenters. The van der Waals surface area contributed by atoms with Crippen LogP contribution >= 0.6 is 0 Å². The molecule has 0 bridgehead atoms. The van der Waals surface area contributed by atoms with Gasteiger partial charge in [-0.15, -0.1) is 0 Å². The number of nitrogens with zero attached hydrogens (tertiary/aromatic N) is 2. The van der Waals surface area contributed by atoms with E-state index in [2.05, 4.69) is 53.1 Å². The first-order chi connectivity index (χ1) is 7.72. The van der Waals surface area contributed by atoms with E-state index in [1.165, 1.54) is 11.3 Å². The summed E-state index contributed by atoms with van der Waals surface area (Å²) in [6.45, 7) is 7.07.